The number of ether oxygens (including phenoxy) is 1. The van der Waals surface area contributed by atoms with Gasteiger partial charge in [-0.15, -0.1) is 0 Å². The average molecular weight is 392 g/mol. The molecular weight excluding hydrogens is 368 g/mol. The molecule has 2 N–H and O–H groups in total. The van der Waals surface area contributed by atoms with Gasteiger partial charge in [0.1, 0.15) is 6.10 Å². The normalized spacial score (nSPS) is 17.5. The number of fused-ring (bicyclic) bond motifs is 1. The van der Waals surface area contributed by atoms with E-state index in [0.717, 1.165) is 27.8 Å². The second kappa shape index (κ2) is 7.77. The molecule has 4 rings (SSSR count). The molecule has 3 aromatic rings. The van der Waals surface area contributed by atoms with Crippen molar-refractivity contribution >= 4 is 16.7 Å². The maximum absolute atomic E-state index is 13.1. The van der Waals surface area contributed by atoms with E-state index in [0.29, 0.717) is 25.1 Å². The summed E-state index contributed by atoms with van der Waals surface area (Å²) in [6.45, 7) is 5.69. The Morgan fingerprint density at radius 3 is 2.72 bits per heavy atom. The molecule has 1 aliphatic heterocycles. The molecule has 2 heterocycles. The van der Waals surface area contributed by atoms with Crippen molar-refractivity contribution in [2.24, 2.45) is 5.73 Å². The maximum Gasteiger partial charge on any atom is 0.275 e. The highest BCUT2D eigenvalue weighted by Gasteiger charge is 2.25. The highest BCUT2D eigenvalue weighted by atomic mass is 16.5. The zero-order valence-corrected chi connectivity index (χ0v) is 16.6. The molecule has 0 aliphatic carbocycles. The van der Waals surface area contributed by atoms with E-state index in [-0.39, 0.29) is 12.2 Å². The molecule has 1 saturated heterocycles. The number of amides is 1. The Bertz CT molecular complexity index is 1140. The molecule has 0 bridgehead atoms. The number of nitrogens with zero attached hydrogens (tertiary/aromatic N) is 3. The van der Waals surface area contributed by atoms with Crippen LogP contribution in [0.2, 0.25) is 0 Å². The number of nitrogens with two attached hydrogens (primary N) is 1. The number of hydrogen-bond acceptors (Lipinski definition) is 5. The molecule has 0 radical (unpaired) electrons. The molecule has 1 aliphatic rings. The second-order valence-corrected chi connectivity index (χ2v) is 7.50. The van der Waals surface area contributed by atoms with Crippen molar-refractivity contribution in [3.05, 3.63) is 63.9 Å². The van der Waals surface area contributed by atoms with Crippen molar-refractivity contribution in [1.82, 2.24) is 14.7 Å². The number of benzene rings is 2. The number of carbonyl (C=O) groups is 1. The van der Waals surface area contributed by atoms with Crippen LogP contribution in [0.5, 0.6) is 0 Å². The first kappa shape index (κ1) is 19.3. The summed E-state index contributed by atoms with van der Waals surface area (Å²) in [5, 5.41) is 6.20. The Morgan fingerprint density at radius 1 is 1.21 bits per heavy atom. The number of aromatic nitrogens is 2. The molecular formula is C22H24N4O3. The van der Waals surface area contributed by atoms with Crippen LogP contribution in [0.15, 0.2) is 47.3 Å². The van der Waals surface area contributed by atoms with Crippen molar-refractivity contribution in [3.8, 4) is 11.3 Å². The molecule has 2 aromatic carbocycles. The predicted octanol–water partition coefficient (Wildman–Crippen LogP) is 1.82. The minimum Gasteiger partial charge on any atom is -0.367 e. The quantitative estimate of drug-likeness (QED) is 0.731. The third kappa shape index (κ3) is 3.79. The summed E-state index contributed by atoms with van der Waals surface area (Å²) in [4.78, 5) is 26.6. The summed E-state index contributed by atoms with van der Waals surface area (Å²) in [6, 6.07) is 13.8. The van der Waals surface area contributed by atoms with Gasteiger partial charge < -0.3 is 10.5 Å². The molecule has 1 atom stereocenters. The average Bonchev–Trinajstić information content (AvgIpc) is 2.72. The smallest absolute Gasteiger partial charge is 0.275 e. The second-order valence-electron chi connectivity index (χ2n) is 7.50. The molecule has 1 aromatic heterocycles. The summed E-state index contributed by atoms with van der Waals surface area (Å²) in [7, 11) is 0. The van der Waals surface area contributed by atoms with Crippen molar-refractivity contribution in [1.29, 1.82) is 0 Å². The van der Waals surface area contributed by atoms with Gasteiger partial charge in [-0.25, -0.2) is 4.68 Å². The van der Waals surface area contributed by atoms with E-state index in [1.807, 2.05) is 43.0 Å². The SMILES string of the molecule is Cc1ccc(C)c(-c2nn(CN3CCO[C@@H](C(N)=O)C3)c(=O)c3ccccc23)c1. The van der Waals surface area contributed by atoms with Gasteiger partial charge in [0.25, 0.3) is 5.56 Å². The van der Waals surface area contributed by atoms with Gasteiger partial charge in [-0.05, 0) is 31.5 Å². The largest absolute Gasteiger partial charge is 0.367 e. The lowest BCUT2D eigenvalue weighted by molar-refractivity contribution is -0.136. The van der Waals surface area contributed by atoms with Crippen LogP contribution in [0, 0.1) is 13.8 Å². The Labute approximate surface area is 168 Å². The van der Waals surface area contributed by atoms with Gasteiger partial charge in [0.2, 0.25) is 5.91 Å². The fourth-order valence-corrected chi connectivity index (χ4v) is 3.71. The van der Waals surface area contributed by atoms with Gasteiger partial charge in [-0.3, -0.25) is 14.5 Å². The fraction of sp³-hybridized carbons (Fsp3) is 0.318. The van der Waals surface area contributed by atoms with Crippen molar-refractivity contribution in [2.75, 3.05) is 19.7 Å². The topological polar surface area (TPSA) is 90.4 Å². The molecule has 1 fully saturated rings. The van der Waals surface area contributed by atoms with Crippen molar-refractivity contribution in [3.63, 3.8) is 0 Å². The molecule has 7 nitrogen and oxygen atoms in total. The molecule has 0 unspecified atom stereocenters. The monoisotopic (exact) mass is 392 g/mol. The molecule has 1 amide bonds. The summed E-state index contributed by atoms with van der Waals surface area (Å²) in [5.74, 6) is -0.496. The third-order valence-corrected chi connectivity index (χ3v) is 5.32. The van der Waals surface area contributed by atoms with Gasteiger partial charge in [-0.1, -0.05) is 35.9 Å². The summed E-state index contributed by atoms with van der Waals surface area (Å²) >= 11 is 0. The lowest BCUT2D eigenvalue weighted by Gasteiger charge is -2.31. The molecule has 0 spiro atoms. The van der Waals surface area contributed by atoms with Crippen LogP contribution in [0.3, 0.4) is 0 Å². The van der Waals surface area contributed by atoms with Gasteiger partial charge in [0.05, 0.1) is 24.4 Å². The first-order valence-electron chi connectivity index (χ1n) is 9.65. The van der Waals surface area contributed by atoms with E-state index in [2.05, 4.69) is 18.2 Å². The zero-order chi connectivity index (χ0) is 20.5. The zero-order valence-electron chi connectivity index (χ0n) is 16.6. The Balaban J connectivity index is 1.81. The Kier molecular flexibility index (Phi) is 5.17. The number of primary amides is 1. The maximum atomic E-state index is 13.1. The molecule has 7 heteroatoms. The van der Waals surface area contributed by atoms with E-state index in [4.69, 9.17) is 15.6 Å². The van der Waals surface area contributed by atoms with Crippen LogP contribution in [-0.2, 0) is 16.2 Å². The number of aryl methyl sites for hydroxylation is 2. The van der Waals surface area contributed by atoms with Crippen LogP contribution in [-0.4, -0.2) is 46.4 Å². The minimum atomic E-state index is -0.668. The van der Waals surface area contributed by atoms with Gasteiger partial charge in [-0.2, -0.15) is 5.10 Å². The van der Waals surface area contributed by atoms with Crippen LogP contribution in [0.4, 0.5) is 0 Å². The van der Waals surface area contributed by atoms with Gasteiger partial charge in [0.15, 0.2) is 0 Å². The van der Waals surface area contributed by atoms with Gasteiger partial charge >= 0.3 is 0 Å². The summed E-state index contributed by atoms with van der Waals surface area (Å²) in [5.41, 5.74) is 9.24. The van der Waals surface area contributed by atoms with E-state index in [1.165, 1.54) is 4.68 Å². The third-order valence-electron chi connectivity index (χ3n) is 5.32. The van der Waals surface area contributed by atoms with Gasteiger partial charge in [0, 0.05) is 24.0 Å². The molecule has 29 heavy (non-hydrogen) atoms. The van der Waals surface area contributed by atoms with Crippen molar-refractivity contribution < 1.29 is 9.53 Å². The number of carbonyl (C=O) groups excluding carboxylic acids is 1. The van der Waals surface area contributed by atoms with Crippen LogP contribution in [0.1, 0.15) is 11.1 Å². The lowest BCUT2D eigenvalue weighted by Crippen LogP contribution is -2.49. The standard InChI is InChI=1S/C22H24N4O3/c1-14-7-8-15(2)18(11-14)20-16-5-3-4-6-17(16)22(28)26(24-20)13-25-9-10-29-19(12-25)21(23)27/h3-8,11,19H,9-10,12-13H2,1-2H3,(H2,23,27)/t19-/m1/s1. The number of morpholine rings is 1. The fourth-order valence-electron chi connectivity index (χ4n) is 3.71. The molecule has 0 saturated carbocycles. The number of rotatable bonds is 4. The van der Waals surface area contributed by atoms with E-state index < -0.39 is 12.0 Å². The first-order valence-corrected chi connectivity index (χ1v) is 9.65. The highest BCUT2D eigenvalue weighted by Crippen LogP contribution is 2.28. The summed E-state index contributed by atoms with van der Waals surface area (Å²) in [6.07, 6.45) is -0.668. The van der Waals surface area contributed by atoms with E-state index in [9.17, 15) is 9.59 Å². The first-order chi connectivity index (χ1) is 13.9. The molecule has 150 valence electrons. The predicted molar refractivity (Wildman–Crippen MR) is 111 cm³/mol. The van der Waals surface area contributed by atoms with Crippen LogP contribution < -0.4 is 11.3 Å². The number of hydrogen-bond donors (Lipinski definition) is 1. The Morgan fingerprint density at radius 2 is 1.97 bits per heavy atom. The lowest BCUT2D eigenvalue weighted by atomic mass is 9.99. The van der Waals surface area contributed by atoms with Crippen LogP contribution >= 0.6 is 0 Å². The summed E-state index contributed by atoms with van der Waals surface area (Å²) < 4.78 is 6.88. The Hall–Kier alpha value is -3.03. The van der Waals surface area contributed by atoms with E-state index >= 15 is 0 Å². The van der Waals surface area contributed by atoms with Crippen LogP contribution in [0.25, 0.3) is 22.0 Å². The van der Waals surface area contributed by atoms with E-state index in [1.54, 1.807) is 0 Å². The highest BCUT2D eigenvalue weighted by molar-refractivity contribution is 5.94. The van der Waals surface area contributed by atoms with Crippen molar-refractivity contribution in [2.45, 2.75) is 26.6 Å². The minimum absolute atomic E-state index is 0.156.